The van der Waals surface area contributed by atoms with Crippen molar-refractivity contribution in [1.82, 2.24) is 5.32 Å². The molecule has 1 heterocycles. The van der Waals surface area contributed by atoms with Crippen LogP contribution in [0.3, 0.4) is 0 Å². The fourth-order valence-corrected chi connectivity index (χ4v) is 2.85. The zero-order valence-electron chi connectivity index (χ0n) is 12.9. The third-order valence-corrected chi connectivity index (χ3v) is 4.06. The molecular formula is C19H23NO. The van der Waals surface area contributed by atoms with Gasteiger partial charge >= 0.3 is 0 Å². The first-order chi connectivity index (χ1) is 10.3. The normalized spacial score (nSPS) is 13.0. The Labute approximate surface area is 127 Å². The van der Waals surface area contributed by atoms with E-state index in [-0.39, 0.29) is 0 Å². The molecule has 2 aromatic rings. The minimum absolute atomic E-state index is 0.818. The van der Waals surface area contributed by atoms with Crippen LogP contribution in [0.15, 0.2) is 36.4 Å². The molecule has 0 unspecified atom stereocenters. The van der Waals surface area contributed by atoms with Gasteiger partial charge in [-0.3, -0.25) is 0 Å². The third kappa shape index (κ3) is 3.11. The second kappa shape index (κ2) is 6.31. The van der Waals surface area contributed by atoms with E-state index in [9.17, 15) is 0 Å². The molecule has 21 heavy (non-hydrogen) atoms. The Morgan fingerprint density at radius 2 is 2.05 bits per heavy atom. The summed E-state index contributed by atoms with van der Waals surface area (Å²) in [4.78, 5) is 0. The molecule has 0 atom stereocenters. The van der Waals surface area contributed by atoms with Gasteiger partial charge < -0.3 is 10.1 Å². The summed E-state index contributed by atoms with van der Waals surface area (Å²) in [7, 11) is 0. The zero-order valence-corrected chi connectivity index (χ0v) is 12.9. The van der Waals surface area contributed by atoms with Crippen molar-refractivity contribution in [3.8, 4) is 16.9 Å². The standard InChI is InChI=1S/C19H23NO/c1-3-9-20-13-15-5-4-14(2)18(11-15)16-6-7-19-17(12-16)8-10-21-19/h4-7,11-12,20H,3,8-10,13H2,1-2H3. The summed E-state index contributed by atoms with van der Waals surface area (Å²) in [5, 5.41) is 3.47. The van der Waals surface area contributed by atoms with Crippen LogP contribution in [0.4, 0.5) is 0 Å². The summed E-state index contributed by atoms with van der Waals surface area (Å²) >= 11 is 0. The molecule has 0 radical (unpaired) electrons. The monoisotopic (exact) mass is 281 g/mol. The summed E-state index contributed by atoms with van der Waals surface area (Å²) in [5.41, 5.74) is 6.64. The number of aryl methyl sites for hydroxylation is 1. The molecule has 0 amide bonds. The van der Waals surface area contributed by atoms with Crippen LogP contribution in [0.2, 0.25) is 0 Å². The molecule has 0 saturated heterocycles. The van der Waals surface area contributed by atoms with Crippen LogP contribution < -0.4 is 10.1 Å². The lowest BCUT2D eigenvalue weighted by molar-refractivity contribution is 0.357. The van der Waals surface area contributed by atoms with Gasteiger partial charge in [0.15, 0.2) is 0 Å². The van der Waals surface area contributed by atoms with Gasteiger partial charge in [0.05, 0.1) is 6.61 Å². The number of rotatable bonds is 5. The van der Waals surface area contributed by atoms with Crippen molar-refractivity contribution in [2.75, 3.05) is 13.2 Å². The lowest BCUT2D eigenvalue weighted by Gasteiger charge is -2.11. The molecule has 0 fully saturated rings. The van der Waals surface area contributed by atoms with Crippen LogP contribution >= 0.6 is 0 Å². The first kappa shape index (κ1) is 14.2. The predicted octanol–water partition coefficient (Wildman–Crippen LogP) is 4.10. The molecule has 1 aliphatic rings. The molecular weight excluding hydrogens is 258 g/mol. The van der Waals surface area contributed by atoms with Gasteiger partial charge in [0.1, 0.15) is 5.75 Å². The van der Waals surface area contributed by atoms with Crippen molar-refractivity contribution in [3.05, 3.63) is 53.1 Å². The molecule has 2 nitrogen and oxygen atoms in total. The summed E-state index contributed by atoms with van der Waals surface area (Å²) < 4.78 is 5.60. The summed E-state index contributed by atoms with van der Waals surface area (Å²) in [6, 6.07) is 13.3. The average molecular weight is 281 g/mol. The van der Waals surface area contributed by atoms with Gasteiger partial charge in [0, 0.05) is 13.0 Å². The number of ether oxygens (including phenoxy) is 1. The van der Waals surface area contributed by atoms with Gasteiger partial charge in [-0.2, -0.15) is 0 Å². The Kier molecular flexibility index (Phi) is 4.26. The van der Waals surface area contributed by atoms with Crippen molar-refractivity contribution in [3.63, 3.8) is 0 Å². The summed E-state index contributed by atoms with van der Waals surface area (Å²) in [6.45, 7) is 7.20. The largest absolute Gasteiger partial charge is 0.493 e. The van der Waals surface area contributed by atoms with Gasteiger partial charge in [-0.1, -0.05) is 25.1 Å². The molecule has 2 heteroatoms. The number of nitrogens with one attached hydrogen (secondary N) is 1. The van der Waals surface area contributed by atoms with E-state index < -0.39 is 0 Å². The average Bonchev–Trinajstić information content (AvgIpc) is 2.96. The first-order valence-electron chi connectivity index (χ1n) is 7.84. The second-order valence-electron chi connectivity index (χ2n) is 5.75. The highest BCUT2D eigenvalue weighted by atomic mass is 16.5. The van der Waals surface area contributed by atoms with Gasteiger partial charge in [-0.25, -0.2) is 0 Å². The highest BCUT2D eigenvalue weighted by Crippen LogP contribution is 2.32. The van der Waals surface area contributed by atoms with Crippen LogP contribution in [0.5, 0.6) is 5.75 Å². The SMILES string of the molecule is CCCNCc1ccc(C)c(-c2ccc3c(c2)CCO3)c1. The quantitative estimate of drug-likeness (QED) is 0.833. The highest BCUT2D eigenvalue weighted by molar-refractivity contribution is 5.70. The molecule has 0 aliphatic carbocycles. The van der Waals surface area contributed by atoms with E-state index in [1.807, 2.05) is 0 Å². The molecule has 2 aromatic carbocycles. The van der Waals surface area contributed by atoms with Gasteiger partial charge in [-0.15, -0.1) is 0 Å². The number of fused-ring (bicyclic) bond motifs is 1. The van der Waals surface area contributed by atoms with Gasteiger partial charge in [-0.05, 0) is 65.9 Å². The smallest absolute Gasteiger partial charge is 0.122 e. The van der Waals surface area contributed by atoms with Gasteiger partial charge in [0.25, 0.3) is 0 Å². The Bertz CT molecular complexity index is 633. The molecule has 110 valence electrons. The molecule has 0 aromatic heterocycles. The van der Waals surface area contributed by atoms with E-state index in [1.54, 1.807) is 0 Å². The number of hydrogen-bond donors (Lipinski definition) is 1. The summed E-state index contributed by atoms with van der Waals surface area (Å²) in [6.07, 6.45) is 2.20. The van der Waals surface area contributed by atoms with E-state index >= 15 is 0 Å². The van der Waals surface area contributed by atoms with E-state index in [1.165, 1.54) is 34.2 Å². The summed E-state index contributed by atoms with van der Waals surface area (Å²) in [5.74, 6) is 1.05. The van der Waals surface area contributed by atoms with Crippen LogP contribution in [-0.2, 0) is 13.0 Å². The number of benzene rings is 2. The van der Waals surface area contributed by atoms with Gasteiger partial charge in [0.2, 0.25) is 0 Å². The topological polar surface area (TPSA) is 21.3 Å². The van der Waals surface area contributed by atoms with Crippen molar-refractivity contribution in [2.24, 2.45) is 0 Å². The fraction of sp³-hybridized carbons (Fsp3) is 0.368. The van der Waals surface area contributed by atoms with Crippen LogP contribution in [0, 0.1) is 6.92 Å². The Morgan fingerprint density at radius 3 is 2.90 bits per heavy atom. The van der Waals surface area contributed by atoms with Crippen molar-refractivity contribution in [1.29, 1.82) is 0 Å². The highest BCUT2D eigenvalue weighted by Gasteiger charge is 2.13. The Balaban J connectivity index is 1.88. The third-order valence-electron chi connectivity index (χ3n) is 4.06. The zero-order chi connectivity index (χ0) is 14.7. The predicted molar refractivity (Wildman–Crippen MR) is 87.8 cm³/mol. The second-order valence-corrected chi connectivity index (χ2v) is 5.75. The lowest BCUT2D eigenvalue weighted by Crippen LogP contribution is -2.13. The van der Waals surface area contributed by atoms with Crippen LogP contribution in [0.1, 0.15) is 30.0 Å². The number of hydrogen-bond acceptors (Lipinski definition) is 2. The molecule has 0 spiro atoms. The maximum atomic E-state index is 5.60. The van der Waals surface area contributed by atoms with E-state index in [0.717, 1.165) is 31.9 Å². The van der Waals surface area contributed by atoms with E-state index in [4.69, 9.17) is 4.74 Å². The van der Waals surface area contributed by atoms with Crippen LogP contribution in [-0.4, -0.2) is 13.2 Å². The maximum Gasteiger partial charge on any atom is 0.122 e. The van der Waals surface area contributed by atoms with Crippen molar-refractivity contribution in [2.45, 2.75) is 33.2 Å². The molecule has 1 aliphatic heterocycles. The molecule has 0 bridgehead atoms. The Hall–Kier alpha value is -1.80. The molecule has 1 N–H and O–H groups in total. The minimum atomic E-state index is 0.818. The van der Waals surface area contributed by atoms with E-state index in [2.05, 4.69) is 55.6 Å². The first-order valence-corrected chi connectivity index (χ1v) is 7.84. The maximum absolute atomic E-state index is 5.60. The van der Waals surface area contributed by atoms with E-state index in [0.29, 0.717) is 0 Å². The molecule has 0 saturated carbocycles. The molecule has 3 rings (SSSR count). The lowest BCUT2D eigenvalue weighted by atomic mass is 9.96. The minimum Gasteiger partial charge on any atom is -0.493 e. The Morgan fingerprint density at radius 1 is 1.14 bits per heavy atom. The van der Waals surface area contributed by atoms with Crippen molar-refractivity contribution >= 4 is 0 Å². The van der Waals surface area contributed by atoms with Crippen LogP contribution in [0.25, 0.3) is 11.1 Å². The fourth-order valence-electron chi connectivity index (χ4n) is 2.85. The van der Waals surface area contributed by atoms with Crippen molar-refractivity contribution < 1.29 is 4.74 Å².